The minimum absolute atomic E-state index is 0.0173. The Labute approximate surface area is 242 Å². The Morgan fingerprint density at radius 3 is 1.88 bits per heavy atom. The van der Waals surface area contributed by atoms with E-state index in [-0.39, 0.29) is 12.1 Å². The molecule has 0 spiro atoms. The molecule has 0 aliphatic heterocycles. The van der Waals surface area contributed by atoms with Crippen molar-refractivity contribution in [3.8, 4) is 11.3 Å². The highest BCUT2D eigenvalue weighted by Gasteiger charge is 2.70. The molecular weight excluding hydrogens is 599 g/mol. The van der Waals surface area contributed by atoms with E-state index in [9.17, 15) is 44.3 Å². The van der Waals surface area contributed by atoms with E-state index in [4.69, 9.17) is 15.9 Å². The van der Waals surface area contributed by atoms with Gasteiger partial charge >= 0.3 is 24.5 Å². The number of aromatic nitrogens is 2. The van der Waals surface area contributed by atoms with Crippen LogP contribution in [-0.2, 0) is 6.18 Å². The summed E-state index contributed by atoms with van der Waals surface area (Å²) in [5, 5.41) is 19.9. The first-order chi connectivity index (χ1) is 19.8. The predicted octanol–water partition coefficient (Wildman–Crippen LogP) is 7.32. The summed E-state index contributed by atoms with van der Waals surface area (Å²) in [6.07, 6.45) is -7.27. The maximum absolute atomic E-state index is 13.1. The second-order valence-corrected chi connectivity index (χ2v) is 9.82. The Bertz CT molecular complexity index is 1140. The Balaban J connectivity index is 0.000000430. The summed E-state index contributed by atoms with van der Waals surface area (Å²) in [6.45, 7) is 2.22. The highest BCUT2D eigenvalue weighted by molar-refractivity contribution is 5.92. The lowest BCUT2D eigenvalue weighted by Crippen LogP contribution is -2.62. The molecule has 43 heavy (non-hydrogen) atoms. The largest absolute Gasteiger partial charge is 0.476 e. The van der Waals surface area contributed by atoms with Crippen LogP contribution in [0.5, 0.6) is 0 Å². The van der Waals surface area contributed by atoms with Crippen LogP contribution in [0.3, 0.4) is 0 Å². The van der Waals surface area contributed by atoms with Crippen LogP contribution in [0.15, 0.2) is 24.4 Å². The van der Waals surface area contributed by atoms with Gasteiger partial charge in [0.25, 0.3) is 5.60 Å². The van der Waals surface area contributed by atoms with Gasteiger partial charge in [-0.05, 0) is 38.1 Å². The highest BCUT2D eigenvalue weighted by atomic mass is 19.4. The van der Waals surface area contributed by atoms with Gasteiger partial charge in [-0.15, -0.1) is 0 Å². The van der Waals surface area contributed by atoms with Gasteiger partial charge in [-0.3, -0.25) is 4.98 Å². The SMILES string of the molecule is CCCCCCCCCCNCC(O)(C(F)(F)F)C(F)(F)F.Cc1ccc(-c2nc(C(=O)O)c(N)cc2C(F)(F)F)cn1. The second-order valence-electron chi connectivity index (χ2n) is 9.82. The van der Waals surface area contributed by atoms with E-state index in [1.807, 2.05) is 0 Å². The van der Waals surface area contributed by atoms with Crippen LogP contribution in [-0.4, -0.2) is 57.2 Å². The highest BCUT2D eigenvalue weighted by Crippen LogP contribution is 2.42. The summed E-state index contributed by atoms with van der Waals surface area (Å²) >= 11 is 0. The van der Waals surface area contributed by atoms with Gasteiger partial charge in [0.05, 0.1) is 16.9 Å². The van der Waals surface area contributed by atoms with E-state index in [0.29, 0.717) is 18.2 Å². The standard InChI is InChI=1S/C14H25F6NO.C13H10F3N3O2/c1-2-3-4-5-6-7-8-9-10-21-11-12(22,13(15,16)17)14(18,19)20;1-6-2-3-7(5-18-6)10-8(13(14,15)16)4-9(17)11(19-10)12(20)21/h21-22H,2-11H2,1H3;2-5H,17H2,1H3,(H,20,21). The van der Waals surface area contributed by atoms with E-state index >= 15 is 0 Å². The number of anilines is 1. The summed E-state index contributed by atoms with van der Waals surface area (Å²) in [5.41, 5.74) is -1.47. The van der Waals surface area contributed by atoms with E-state index < -0.39 is 59.3 Å². The summed E-state index contributed by atoms with van der Waals surface area (Å²) in [7, 11) is 0. The molecular formula is C27H35F9N4O3. The van der Waals surface area contributed by atoms with Gasteiger partial charge in [0, 0.05) is 24.0 Å². The molecule has 2 heterocycles. The number of nitrogens with one attached hydrogen (secondary N) is 1. The normalized spacial score (nSPS) is 12.6. The number of carboxylic acid groups (broad SMARTS) is 1. The fourth-order valence-corrected chi connectivity index (χ4v) is 3.76. The predicted molar refractivity (Wildman–Crippen MR) is 141 cm³/mol. The van der Waals surface area contributed by atoms with Gasteiger partial charge in [0.2, 0.25) is 0 Å². The van der Waals surface area contributed by atoms with Crippen molar-refractivity contribution >= 4 is 11.7 Å². The van der Waals surface area contributed by atoms with Crippen LogP contribution < -0.4 is 11.1 Å². The van der Waals surface area contributed by atoms with Gasteiger partial charge < -0.3 is 21.3 Å². The molecule has 0 fully saturated rings. The molecule has 0 aromatic carbocycles. The first-order valence-electron chi connectivity index (χ1n) is 13.4. The molecule has 2 aromatic heterocycles. The number of pyridine rings is 2. The molecule has 244 valence electrons. The third kappa shape index (κ3) is 11.5. The number of halogens is 9. The smallest absolute Gasteiger partial charge is 0.427 e. The average molecular weight is 635 g/mol. The van der Waals surface area contributed by atoms with Crippen molar-refractivity contribution in [2.45, 2.75) is 89.3 Å². The van der Waals surface area contributed by atoms with E-state index in [0.717, 1.165) is 38.5 Å². The van der Waals surface area contributed by atoms with Crippen molar-refractivity contribution in [3.63, 3.8) is 0 Å². The molecule has 0 unspecified atom stereocenters. The molecule has 0 bridgehead atoms. The number of unbranched alkanes of at least 4 members (excludes halogenated alkanes) is 7. The lowest BCUT2D eigenvalue weighted by atomic mass is 10.0. The average Bonchev–Trinajstić information content (AvgIpc) is 2.88. The zero-order chi connectivity index (χ0) is 33.1. The summed E-state index contributed by atoms with van der Waals surface area (Å²) < 4.78 is 113. The quantitative estimate of drug-likeness (QED) is 0.135. The third-order valence-electron chi connectivity index (χ3n) is 6.27. The summed E-state index contributed by atoms with van der Waals surface area (Å²) in [4.78, 5) is 18.4. The molecule has 0 aliphatic carbocycles. The molecule has 0 saturated carbocycles. The molecule has 0 atom stereocenters. The van der Waals surface area contributed by atoms with Gasteiger partial charge in [-0.1, -0.05) is 51.9 Å². The Morgan fingerprint density at radius 1 is 0.907 bits per heavy atom. The van der Waals surface area contributed by atoms with Crippen LogP contribution in [0, 0.1) is 6.92 Å². The number of carbonyl (C=O) groups is 1. The number of hydrogen-bond donors (Lipinski definition) is 4. The molecule has 0 saturated heterocycles. The molecule has 16 heteroatoms. The van der Waals surface area contributed by atoms with Crippen LogP contribution >= 0.6 is 0 Å². The summed E-state index contributed by atoms with van der Waals surface area (Å²) in [5.74, 6) is -1.50. The molecule has 0 radical (unpaired) electrons. The monoisotopic (exact) mass is 634 g/mol. The Hall–Kier alpha value is -3.14. The topological polar surface area (TPSA) is 121 Å². The number of aryl methyl sites for hydroxylation is 1. The lowest BCUT2D eigenvalue weighted by molar-refractivity contribution is -0.365. The van der Waals surface area contributed by atoms with Crippen LogP contribution in [0.25, 0.3) is 11.3 Å². The maximum atomic E-state index is 13.1. The number of aromatic carboxylic acids is 1. The fourth-order valence-electron chi connectivity index (χ4n) is 3.76. The third-order valence-corrected chi connectivity index (χ3v) is 6.27. The Morgan fingerprint density at radius 2 is 1.44 bits per heavy atom. The summed E-state index contributed by atoms with van der Waals surface area (Å²) in [6, 6.07) is 3.47. The van der Waals surface area contributed by atoms with Crippen LogP contribution in [0.2, 0.25) is 0 Å². The van der Waals surface area contributed by atoms with Gasteiger partial charge in [-0.25, -0.2) is 9.78 Å². The van der Waals surface area contributed by atoms with Crippen LogP contribution in [0.1, 0.15) is 80.0 Å². The maximum Gasteiger partial charge on any atom is 0.427 e. The van der Waals surface area contributed by atoms with Crippen molar-refractivity contribution in [1.29, 1.82) is 0 Å². The zero-order valence-corrected chi connectivity index (χ0v) is 23.6. The number of carboxylic acids is 1. The van der Waals surface area contributed by atoms with Gasteiger partial charge in [0.15, 0.2) is 5.69 Å². The lowest BCUT2D eigenvalue weighted by Gasteiger charge is -2.32. The van der Waals surface area contributed by atoms with Gasteiger partial charge in [0.1, 0.15) is 0 Å². The van der Waals surface area contributed by atoms with Crippen molar-refractivity contribution in [3.05, 3.63) is 41.3 Å². The molecule has 0 amide bonds. The van der Waals surface area contributed by atoms with E-state index in [1.165, 1.54) is 24.8 Å². The van der Waals surface area contributed by atoms with Crippen LogP contribution in [0.4, 0.5) is 45.2 Å². The van der Waals surface area contributed by atoms with Gasteiger partial charge in [-0.2, -0.15) is 39.5 Å². The number of aliphatic hydroxyl groups is 1. The first kappa shape index (κ1) is 37.9. The van der Waals surface area contributed by atoms with Crippen molar-refractivity contribution in [2.24, 2.45) is 0 Å². The van der Waals surface area contributed by atoms with E-state index in [1.54, 1.807) is 6.92 Å². The molecule has 0 aliphatic rings. The number of nitrogen functional groups attached to an aromatic ring is 1. The van der Waals surface area contributed by atoms with Crippen molar-refractivity contribution < 1.29 is 54.5 Å². The van der Waals surface area contributed by atoms with Crippen molar-refractivity contribution in [2.75, 3.05) is 18.8 Å². The Kier molecular flexibility index (Phi) is 14.2. The molecule has 7 nitrogen and oxygen atoms in total. The molecule has 2 aromatic rings. The first-order valence-corrected chi connectivity index (χ1v) is 13.4. The number of hydrogen-bond acceptors (Lipinski definition) is 6. The number of nitrogens with two attached hydrogens (primary N) is 1. The second kappa shape index (κ2) is 16.1. The molecule has 2 rings (SSSR count). The minimum atomic E-state index is -5.75. The number of rotatable bonds is 13. The molecule has 5 N–H and O–H groups in total. The number of alkyl halides is 9. The van der Waals surface area contributed by atoms with E-state index in [2.05, 4.69) is 22.2 Å². The number of nitrogens with zero attached hydrogens (tertiary/aromatic N) is 2. The van der Waals surface area contributed by atoms with Crippen molar-refractivity contribution in [1.82, 2.24) is 15.3 Å². The minimum Gasteiger partial charge on any atom is -0.476 e. The zero-order valence-electron chi connectivity index (χ0n) is 23.6. The fraction of sp³-hybridized carbons (Fsp3) is 0.593.